The minimum absolute atomic E-state index is 0.137. The Bertz CT molecular complexity index is 1210. The van der Waals surface area contributed by atoms with Gasteiger partial charge in [-0.25, -0.2) is 9.37 Å². The Labute approximate surface area is 205 Å². The molecule has 0 saturated carbocycles. The zero-order chi connectivity index (χ0) is 25.4. The maximum Gasteiger partial charge on any atom is 0.165 e. The van der Waals surface area contributed by atoms with Crippen LogP contribution in [-0.2, 0) is 17.6 Å². The van der Waals surface area contributed by atoms with Crippen LogP contribution in [-0.4, -0.2) is 65.4 Å². The van der Waals surface area contributed by atoms with Gasteiger partial charge in [0.15, 0.2) is 11.7 Å². The Kier molecular flexibility index (Phi) is 8.92. The molecule has 0 aliphatic carbocycles. The standard InChI is InChI=1S/C26H28FN5O.CH4O/c1-3-19-6-9-23-24(17-19)30-26(29-23)18(2)16-22(27)25(28)32-13-11-31(12-14-32)21-7-4-20(5-8-21)10-15-33;1-2/h4-9,15-17,28H,2-3,10-14H2,1H3,(H,29,30);2H,1H3/b22-16+,28-25?;. The number of aryl methyl sites for hydroxylation is 1. The lowest BCUT2D eigenvalue weighted by Gasteiger charge is -2.37. The summed E-state index contributed by atoms with van der Waals surface area (Å²) in [6.45, 7) is 8.51. The second-order valence-corrected chi connectivity index (χ2v) is 8.17. The molecular weight excluding hydrogens is 445 g/mol. The Morgan fingerprint density at radius 2 is 1.80 bits per heavy atom. The molecule has 7 nitrogen and oxygen atoms in total. The van der Waals surface area contributed by atoms with Crippen molar-refractivity contribution in [1.29, 1.82) is 5.41 Å². The Morgan fingerprint density at radius 1 is 1.14 bits per heavy atom. The largest absolute Gasteiger partial charge is 0.400 e. The van der Waals surface area contributed by atoms with E-state index in [1.807, 2.05) is 42.5 Å². The van der Waals surface area contributed by atoms with Crippen LogP contribution in [0.1, 0.15) is 23.9 Å². The Hall–Kier alpha value is -3.78. The van der Waals surface area contributed by atoms with Gasteiger partial charge in [0, 0.05) is 51.0 Å². The fourth-order valence-corrected chi connectivity index (χ4v) is 4.00. The van der Waals surface area contributed by atoms with E-state index in [4.69, 9.17) is 10.5 Å². The van der Waals surface area contributed by atoms with Gasteiger partial charge in [-0.05, 0) is 47.9 Å². The van der Waals surface area contributed by atoms with E-state index in [-0.39, 0.29) is 5.84 Å². The molecule has 2 heterocycles. The van der Waals surface area contributed by atoms with Crippen molar-refractivity contribution in [2.75, 3.05) is 38.2 Å². The summed E-state index contributed by atoms with van der Waals surface area (Å²) in [6, 6.07) is 13.9. The number of amidine groups is 1. The molecule has 35 heavy (non-hydrogen) atoms. The molecule has 1 saturated heterocycles. The van der Waals surface area contributed by atoms with E-state index >= 15 is 0 Å². The molecule has 3 aromatic rings. The SMILES string of the molecule is C=C(/C=C(/F)C(=N)N1CCN(c2ccc(CC=O)cc2)CC1)c1nc2ccc(CC)cc2[nH]1.CO. The fraction of sp³-hybridized carbons (Fsp3) is 0.296. The number of aromatic amines is 1. The van der Waals surface area contributed by atoms with Crippen molar-refractivity contribution in [1.82, 2.24) is 14.9 Å². The van der Waals surface area contributed by atoms with E-state index in [1.165, 1.54) is 11.6 Å². The lowest BCUT2D eigenvalue weighted by Crippen LogP contribution is -2.48. The van der Waals surface area contributed by atoms with E-state index < -0.39 is 5.83 Å². The number of carbonyl (C=O) groups is 1. The molecular formula is C27H32FN5O2. The fourth-order valence-electron chi connectivity index (χ4n) is 4.00. The zero-order valence-corrected chi connectivity index (χ0v) is 20.2. The number of allylic oxidation sites excluding steroid dienone is 2. The third-order valence-corrected chi connectivity index (χ3v) is 6.00. The third-order valence-electron chi connectivity index (χ3n) is 6.00. The van der Waals surface area contributed by atoms with Crippen molar-refractivity contribution in [3.8, 4) is 0 Å². The van der Waals surface area contributed by atoms with Crippen LogP contribution in [0.3, 0.4) is 0 Å². The Morgan fingerprint density at radius 3 is 2.43 bits per heavy atom. The van der Waals surface area contributed by atoms with Crippen LogP contribution in [0, 0.1) is 5.41 Å². The number of hydrogen-bond acceptors (Lipinski definition) is 5. The number of nitrogens with zero attached hydrogens (tertiary/aromatic N) is 3. The number of carbonyl (C=O) groups excluding carboxylic acids is 1. The summed E-state index contributed by atoms with van der Waals surface area (Å²) < 4.78 is 14.9. The highest BCUT2D eigenvalue weighted by Gasteiger charge is 2.22. The van der Waals surface area contributed by atoms with Gasteiger partial charge in [0.1, 0.15) is 12.1 Å². The number of rotatable bonds is 7. The lowest BCUT2D eigenvalue weighted by molar-refractivity contribution is -0.107. The molecule has 2 aromatic carbocycles. The molecule has 0 amide bonds. The molecule has 1 aliphatic heterocycles. The summed E-state index contributed by atoms with van der Waals surface area (Å²) in [5.41, 5.74) is 5.35. The van der Waals surface area contributed by atoms with Crippen molar-refractivity contribution in [2.24, 2.45) is 0 Å². The highest BCUT2D eigenvalue weighted by Crippen LogP contribution is 2.22. The molecule has 4 rings (SSSR count). The molecule has 3 N–H and O–H groups in total. The summed E-state index contributed by atoms with van der Waals surface area (Å²) in [5, 5.41) is 15.3. The number of imidazole rings is 1. The van der Waals surface area contributed by atoms with Crippen LogP contribution in [0.5, 0.6) is 0 Å². The number of piperazine rings is 1. The quantitative estimate of drug-likeness (QED) is 0.206. The minimum Gasteiger partial charge on any atom is -0.400 e. The molecule has 1 aromatic heterocycles. The number of aliphatic hydroxyl groups excluding tert-OH is 1. The minimum atomic E-state index is -0.624. The predicted octanol–water partition coefficient (Wildman–Crippen LogP) is 4.14. The van der Waals surface area contributed by atoms with Gasteiger partial charge in [-0.3, -0.25) is 5.41 Å². The van der Waals surface area contributed by atoms with Crippen molar-refractivity contribution in [3.63, 3.8) is 0 Å². The topological polar surface area (TPSA) is 96.3 Å². The summed E-state index contributed by atoms with van der Waals surface area (Å²) in [4.78, 5) is 22.3. The number of aliphatic hydroxyl groups is 1. The normalized spacial score (nSPS) is 13.9. The monoisotopic (exact) mass is 477 g/mol. The lowest BCUT2D eigenvalue weighted by atomic mass is 10.1. The van der Waals surface area contributed by atoms with Crippen LogP contribution < -0.4 is 4.90 Å². The number of anilines is 1. The average molecular weight is 478 g/mol. The van der Waals surface area contributed by atoms with Crippen molar-refractivity contribution >= 4 is 34.4 Å². The maximum absolute atomic E-state index is 14.9. The number of hydrogen-bond donors (Lipinski definition) is 3. The molecule has 0 atom stereocenters. The van der Waals surface area contributed by atoms with E-state index in [0.29, 0.717) is 44.0 Å². The number of aldehydes is 1. The van der Waals surface area contributed by atoms with Gasteiger partial charge in [0.05, 0.1) is 11.0 Å². The smallest absolute Gasteiger partial charge is 0.165 e. The van der Waals surface area contributed by atoms with Gasteiger partial charge in [0.25, 0.3) is 0 Å². The molecule has 0 radical (unpaired) electrons. The first-order chi connectivity index (χ1) is 17.0. The zero-order valence-electron chi connectivity index (χ0n) is 20.2. The van der Waals surface area contributed by atoms with Gasteiger partial charge in [0.2, 0.25) is 0 Å². The van der Waals surface area contributed by atoms with Crippen LogP contribution >= 0.6 is 0 Å². The first-order valence-electron chi connectivity index (χ1n) is 11.6. The van der Waals surface area contributed by atoms with Gasteiger partial charge in [-0.2, -0.15) is 0 Å². The second-order valence-electron chi connectivity index (χ2n) is 8.17. The number of fused-ring (bicyclic) bond motifs is 1. The van der Waals surface area contributed by atoms with Crippen LogP contribution in [0.4, 0.5) is 10.1 Å². The van der Waals surface area contributed by atoms with Gasteiger partial charge >= 0.3 is 0 Å². The molecule has 1 fully saturated rings. The molecule has 1 aliphatic rings. The summed E-state index contributed by atoms with van der Waals surface area (Å²) >= 11 is 0. The molecule has 0 bridgehead atoms. The van der Waals surface area contributed by atoms with Crippen LogP contribution in [0.2, 0.25) is 0 Å². The highest BCUT2D eigenvalue weighted by molar-refractivity contribution is 5.96. The summed E-state index contributed by atoms with van der Waals surface area (Å²) in [5.74, 6) is -0.257. The molecule has 0 spiro atoms. The summed E-state index contributed by atoms with van der Waals surface area (Å²) in [6.07, 6.45) is 3.51. The number of H-pyrrole nitrogens is 1. The van der Waals surface area contributed by atoms with E-state index in [0.717, 1.165) is 42.1 Å². The van der Waals surface area contributed by atoms with Crippen molar-refractivity contribution in [3.05, 3.63) is 77.9 Å². The van der Waals surface area contributed by atoms with Gasteiger partial charge < -0.3 is 24.7 Å². The van der Waals surface area contributed by atoms with E-state index in [9.17, 15) is 9.18 Å². The third kappa shape index (κ3) is 6.22. The summed E-state index contributed by atoms with van der Waals surface area (Å²) in [7, 11) is 1.00. The number of nitrogens with one attached hydrogen (secondary N) is 2. The van der Waals surface area contributed by atoms with E-state index in [2.05, 4.69) is 28.4 Å². The molecule has 184 valence electrons. The molecule has 0 unspecified atom stereocenters. The highest BCUT2D eigenvalue weighted by atomic mass is 19.1. The number of halogens is 1. The van der Waals surface area contributed by atoms with Crippen molar-refractivity contribution < 1.29 is 14.3 Å². The Balaban J connectivity index is 0.00000167. The van der Waals surface area contributed by atoms with Crippen LogP contribution in [0.15, 0.2) is 60.9 Å². The maximum atomic E-state index is 14.9. The number of benzene rings is 2. The predicted molar refractivity (Wildman–Crippen MR) is 140 cm³/mol. The van der Waals surface area contributed by atoms with Crippen molar-refractivity contribution in [2.45, 2.75) is 19.8 Å². The van der Waals surface area contributed by atoms with Gasteiger partial charge in [-0.15, -0.1) is 0 Å². The van der Waals surface area contributed by atoms with Gasteiger partial charge in [-0.1, -0.05) is 31.7 Å². The first-order valence-corrected chi connectivity index (χ1v) is 11.6. The number of aromatic nitrogens is 2. The average Bonchev–Trinajstić information content (AvgIpc) is 3.34. The van der Waals surface area contributed by atoms with Crippen LogP contribution in [0.25, 0.3) is 16.6 Å². The second kappa shape index (κ2) is 12.1. The first kappa shape index (κ1) is 25.8. The molecule has 8 heteroatoms. The van der Waals surface area contributed by atoms with E-state index in [1.54, 1.807) is 4.90 Å².